The molecule has 3 heterocycles. The topological polar surface area (TPSA) is 100 Å². The van der Waals surface area contributed by atoms with Crippen LogP contribution in [0.4, 0.5) is 18.0 Å². The normalized spacial score (nSPS) is 19.7. The number of urea groups is 1. The first-order valence-electron chi connectivity index (χ1n) is 10.6. The molecule has 1 N–H and O–H groups in total. The van der Waals surface area contributed by atoms with Crippen molar-refractivity contribution < 1.29 is 27.5 Å². The number of halogens is 3. The van der Waals surface area contributed by atoms with Crippen molar-refractivity contribution in [1.82, 2.24) is 25.4 Å². The predicted octanol–water partition coefficient (Wildman–Crippen LogP) is 2.52. The van der Waals surface area contributed by atoms with Gasteiger partial charge in [-0.25, -0.2) is 9.80 Å². The van der Waals surface area contributed by atoms with Crippen molar-refractivity contribution in [3.05, 3.63) is 58.9 Å². The highest BCUT2D eigenvalue weighted by molar-refractivity contribution is 6.08. The van der Waals surface area contributed by atoms with Crippen LogP contribution in [-0.4, -0.2) is 70.1 Å². The summed E-state index contributed by atoms with van der Waals surface area (Å²) >= 11 is 0. The highest BCUT2D eigenvalue weighted by Gasteiger charge is 2.39. The molecule has 2 atom stereocenters. The standard InChI is InChI=1S/C22H23F3N6O3/c1-13-3-5-15(6-4-13)20-17(30-9-10-34-12-19(30)32)11-31(29-20)21(33)26-14(2)16-7-8-18(28-27-16)22(23,24)25/h3-8,14,17H,9-12H2,1-2H3,(H,26,33)/t14-,17+/m1/s1. The van der Waals surface area contributed by atoms with Crippen molar-refractivity contribution in [2.45, 2.75) is 32.1 Å². The number of carbonyl (C=O) groups is 2. The van der Waals surface area contributed by atoms with Crippen molar-refractivity contribution >= 4 is 17.6 Å². The van der Waals surface area contributed by atoms with Gasteiger partial charge in [-0.2, -0.15) is 23.4 Å². The van der Waals surface area contributed by atoms with E-state index in [1.807, 2.05) is 31.2 Å². The molecule has 0 unspecified atom stereocenters. The largest absolute Gasteiger partial charge is 0.435 e. The fourth-order valence-corrected chi connectivity index (χ4v) is 3.75. The minimum absolute atomic E-state index is 0.0342. The quantitative estimate of drug-likeness (QED) is 0.731. The Labute approximate surface area is 193 Å². The molecule has 1 saturated heterocycles. The van der Waals surface area contributed by atoms with Gasteiger partial charge in [0.1, 0.15) is 6.61 Å². The molecule has 0 aliphatic carbocycles. The molecule has 0 radical (unpaired) electrons. The van der Waals surface area contributed by atoms with Crippen LogP contribution in [0.3, 0.4) is 0 Å². The van der Waals surface area contributed by atoms with Crippen LogP contribution in [0.15, 0.2) is 41.5 Å². The molecule has 0 bridgehead atoms. The molecule has 34 heavy (non-hydrogen) atoms. The molecule has 4 rings (SSSR count). The zero-order chi connectivity index (χ0) is 24.5. The predicted molar refractivity (Wildman–Crippen MR) is 115 cm³/mol. The van der Waals surface area contributed by atoms with Crippen LogP contribution in [0.1, 0.15) is 35.5 Å². The van der Waals surface area contributed by atoms with E-state index in [0.717, 1.165) is 17.2 Å². The summed E-state index contributed by atoms with van der Waals surface area (Å²) in [6.07, 6.45) is -4.60. The van der Waals surface area contributed by atoms with Crippen LogP contribution in [0.2, 0.25) is 0 Å². The Balaban J connectivity index is 1.52. The highest BCUT2D eigenvalue weighted by Crippen LogP contribution is 2.27. The second-order valence-electron chi connectivity index (χ2n) is 8.10. The molecule has 1 fully saturated rings. The number of aromatic nitrogens is 2. The fraction of sp³-hybridized carbons (Fsp3) is 0.409. The van der Waals surface area contributed by atoms with Crippen molar-refractivity contribution in [2.24, 2.45) is 5.10 Å². The van der Waals surface area contributed by atoms with Crippen molar-refractivity contribution in [3.8, 4) is 0 Å². The first-order valence-corrected chi connectivity index (χ1v) is 10.6. The van der Waals surface area contributed by atoms with Crippen molar-refractivity contribution in [3.63, 3.8) is 0 Å². The third-order valence-electron chi connectivity index (χ3n) is 5.63. The summed E-state index contributed by atoms with van der Waals surface area (Å²) in [5.41, 5.74) is 1.48. The summed E-state index contributed by atoms with van der Waals surface area (Å²) in [7, 11) is 0. The number of benzene rings is 1. The van der Waals surface area contributed by atoms with Crippen LogP contribution in [0.5, 0.6) is 0 Å². The number of amides is 3. The Morgan fingerprint density at radius 3 is 2.53 bits per heavy atom. The lowest BCUT2D eigenvalue weighted by Crippen LogP contribution is -2.52. The molecule has 0 saturated carbocycles. The van der Waals surface area contributed by atoms with E-state index in [9.17, 15) is 22.8 Å². The van der Waals surface area contributed by atoms with Gasteiger partial charge >= 0.3 is 12.2 Å². The molecule has 2 aliphatic heterocycles. The average Bonchev–Trinajstić information content (AvgIpc) is 3.25. The van der Waals surface area contributed by atoms with Crippen molar-refractivity contribution in [2.75, 3.05) is 26.3 Å². The Morgan fingerprint density at radius 2 is 1.91 bits per heavy atom. The van der Waals surface area contributed by atoms with E-state index in [1.165, 1.54) is 11.1 Å². The van der Waals surface area contributed by atoms with Gasteiger partial charge < -0.3 is 15.0 Å². The molecule has 3 amide bonds. The summed E-state index contributed by atoms with van der Waals surface area (Å²) in [4.78, 5) is 27.1. The van der Waals surface area contributed by atoms with E-state index in [0.29, 0.717) is 18.9 Å². The fourth-order valence-electron chi connectivity index (χ4n) is 3.75. The maximum absolute atomic E-state index is 12.9. The van der Waals surface area contributed by atoms with Gasteiger partial charge in [0.25, 0.3) is 0 Å². The summed E-state index contributed by atoms with van der Waals surface area (Å²) in [6.45, 7) is 4.40. The van der Waals surface area contributed by atoms with E-state index in [-0.39, 0.29) is 24.8 Å². The number of nitrogens with zero attached hydrogens (tertiary/aromatic N) is 5. The lowest BCUT2D eigenvalue weighted by atomic mass is 10.0. The van der Waals surface area contributed by atoms with Crippen LogP contribution in [0.25, 0.3) is 0 Å². The number of ether oxygens (including phenoxy) is 1. The summed E-state index contributed by atoms with van der Waals surface area (Å²) in [5.74, 6) is -0.188. The zero-order valence-corrected chi connectivity index (χ0v) is 18.5. The molecule has 0 spiro atoms. The number of nitrogens with one attached hydrogen (secondary N) is 1. The monoisotopic (exact) mass is 476 g/mol. The molecular weight excluding hydrogens is 453 g/mol. The zero-order valence-electron chi connectivity index (χ0n) is 18.5. The molecular formula is C22H23F3N6O3. The second kappa shape index (κ2) is 9.37. The second-order valence-corrected chi connectivity index (χ2v) is 8.10. The van der Waals surface area contributed by atoms with Crippen LogP contribution in [-0.2, 0) is 15.7 Å². The summed E-state index contributed by atoms with van der Waals surface area (Å²) in [5, 5.41) is 15.2. The number of rotatable bonds is 4. The first-order chi connectivity index (χ1) is 16.1. The van der Waals surface area contributed by atoms with Gasteiger partial charge in [0.05, 0.1) is 36.6 Å². The van der Waals surface area contributed by atoms with Gasteiger partial charge in [-0.15, -0.1) is 5.10 Å². The van der Waals surface area contributed by atoms with Gasteiger partial charge in [0, 0.05) is 6.54 Å². The number of carbonyl (C=O) groups excluding carboxylic acids is 2. The Kier molecular flexibility index (Phi) is 6.51. The molecule has 1 aromatic heterocycles. The smallest absolute Gasteiger partial charge is 0.370 e. The lowest BCUT2D eigenvalue weighted by molar-refractivity contribution is -0.144. The van der Waals surface area contributed by atoms with Gasteiger partial charge in [-0.1, -0.05) is 29.8 Å². The van der Waals surface area contributed by atoms with E-state index in [1.54, 1.807) is 11.8 Å². The molecule has 1 aromatic carbocycles. The van der Waals surface area contributed by atoms with Gasteiger partial charge in [-0.05, 0) is 31.5 Å². The molecule has 12 heteroatoms. The van der Waals surface area contributed by atoms with Gasteiger partial charge in [-0.3, -0.25) is 4.79 Å². The summed E-state index contributed by atoms with van der Waals surface area (Å²) < 4.78 is 43.4. The Morgan fingerprint density at radius 1 is 1.18 bits per heavy atom. The third kappa shape index (κ3) is 5.01. The maximum atomic E-state index is 12.9. The van der Waals surface area contributed by atoms with E-state index >= 15 is 0 Å². The maximum Gasteiger partial charge on any atom is 0.435 e. The SMILES string of the molecule is Cc1ccc(C2=NN(C(=O)N[C@H](C)c3ccc(C(F)(F)F)nn3)C[C@@H]2N2CCOCC2=O)cc1. The molecule has 9 nitrogen and oxygen atoms in total. The first kappa shape index (κ1) is 23.6. The van der Waals surface area contributed by atoms with Crippen molar-refractivity contribution in [1.29, 1.82) is 0 Å². The Bertz CT molecular complexity index is 1090. The van der Waals surface area contributed by atoms with Gasteiger partial charge in [0.15, 0.2) is 5.69 Å². The van der Waals surface area contributed by atoms with Crippen LogP contribution >= 0.6 is 0 Å². The highest BCUT2D eigenvalue weighted by atomic mass is 19.4. The van der Waals surface area contributed by atoms with E-state index < -0.39 is 30.0 Å². The number of hydrazone groups is 1. The van der Waals surface area contributed by atoms with Crippen LogP contribution < -0.4 is 5.32 Å². The number of alkyl halides is 3. The average molecular weight is 476 g/mol. The molecule has 180 valence electrons. The minimum atomic E-state index is -4.60. The molecule has 2 aliphatic rings. The minimum Gasteiger partial charge on any atom is -0.370 e. The van der Waals surface area contributed by atoms with E-state index in [2.05, 4.69) is 20.6 Å². The lowest BCUT2D eigenvalue weighted by Gasteiger charge is -2.32. The third-order valence-corrected chi connectivity index (χ3v) is 5.63. The summed E-state index contributed by atoms with van der Waals surface area (Å²) in [6, 6.07) is 7.85. The van der Waals surface area contributed by atoms with Crippen LogP contribution in [0, 0.1) is 6.92 Å². The Hall–Kier alpha value is -3.54. The van der Waals surface area contributed by atoms with E-state index in [4.69, 9.17) is 4.74 Å². The number of hydrogen-bond acceptors (Lipinski definition) is 6. The number of hydrogen-bond donors (Lipinski definition) is 1. The number of morpholine rings is 1. The number of aryl methyl sites for hydroxylation is 1. The van der Waals surface area contributed by atoms with Gasteiger partial charge in [0.2, 0.25) is 5.91 Å². The molecule has 2 aromatic rings.